The second-order valence-electron chi connectivity index (χ2n) is 6.03. The summed E-state index contributed by atoms with van der Waals surface area (Å²) in [6, 6.07) is 12.9. The highest BCUT2D eigenvalue weighted by Crippen LogP contribution is 2.34. The maximum atomic E-state index is 13.1. The van der Waals surface area contributed by atoms with Gasteiger partial charge in [-0.05, 0) is 35.0 Å². The largest absolute Gasteiger partial charge is 0.418 e. The van der Waals surface area contributed by atoms with E-state index < -0.39 is 17.6 Å². The fourth-order valence-electron chi connectivity index (χ4n) is 2.77. The molecule has 0 bridgehead atoms. The summed E-state index contributed by atoms with van der Waals surface area (Å²) >= 11 is 3.21. The van der Waals surface area contributed by atoms with Crippen LogP contribution in [0.2, 0.25) is 0 Å². The minimum atomic E-state index is -4.51. The molecule has 0 unspecified atom stereocenters. The highest BCUT2D eigenvalue weighted by atomic mass is 32.1. The van der Waals surface area contributed by atoms with Crippen molar-refractivity contribution in [3.8, 4) is 0 Å². The lowest BCUT2D eigenvalue weighted by atomic mass is 10.1. The predicted molar refractivity (Wildman–Crippen MR) is 102 cm³/mol. The Morgan fingerprint density at radius 1 is 0.926 bits per heavy atom. The Labute approximate surface area is 163 Å². The maximum absolute atomic E-state index is 13.1. The highest BCUT2D eigenvalue weighted by molar-refractivity contribution is 7.10. The van der Waals surface area contributed by atoms with Gasteiger partial charge in [0.1, 0.15) is 13.1 Å². The standard InChI is InChI=1S/C19H17F3N2OS2/c20-19(21,22)16-7-1-2-8-17(16)23-18(25)13-24(11-14-5-3-9-26-14)12-15-6-4-10-27-15/h1-10H,11-13H2,(H,23,25)/p+1. The summed E-state index contributed by atoms with van der Waals surface area (Å²) in [5, 5.41) is 6.37. The van der Waals surface area contributed by atoms with Crippen molar-refractivity contribution in [2.45, 2.75) is 19.3 Å². The molecule has 27 heavy (non-hydrogen) atoms. The van der Waals surface area contributed by atoms with Gasteiger partial charge < -0.3 is 10.2 Å². The Morgan fingerprint density at radius 3 is 2.04 bits per heavy atom. The molecule has 0 aliphatic heterocycles. The SMILES string of the molecule is O=C(C[NH+](Cc1cccs1)Cc1cccs1)Nc1ccccc1C(F)(F)F. The number of alkyl halides is 3. The maximum Gasteiger partial charge on any atom is 0.418 e. The smallest absolute Gasteiger partial charge is 0.321 e. The average molecular weight is 411 g/mol. The predicted octanol–water partition coefficient (Wildman–Crippen LogP) is 4.05. The Balaban J connectivity index is 1.71. The van der Waals surface area contributed by atoms with Crippen LogP contribution in [0, 0.1) is 0 Å². The zero-order valence-electron chi connectivity index (χ0n) is 14.3. The third kappa shape index (κ3) is 5.66. The Kier molecular flexibility index (Phi) is 6.30. The fraction of sp³-hybridized carbons (Fsp3) is 0.211. The molecule has 0 radical (unpaired) electrons. The van der Waals surface area contributed by atoms with Crippen LogP contribution in [0.15, 0.2) is 59.3 Å². The van der Waals surface area contributed by atoms with E-state index in [-0.39, 0.29) is 12.2 Å². The van der Waals surface area contributed by atoms with Gasteiger partial charge >= 0.3 is 6.18 Å². The third-order valence-corrected chi connectivity index (χ3v) is 5.68. The van der Waals surface area contributed by atoms with E-state index in [2.05, 4.69) is 5.32 Å². The molecule has 1 amide bonds. The van der Waals surface area contributed by atoms with E-state index >= 15 is 0 Å². The Hall–Kier alpha value is -2.16. The lowest BCUT2D eigenvalue weighted by molar-refractivity contribution is -0.918. The van der Waals surface area contributed by atoms with E-state index in [1.165, 1.54) is 18.2 Å². The van der Waals surface area contributed by atoms with Crippen LogP contribution in [-0.2, 0) is 24.1 Å². The summed E-state index contributed by atoms with van der Waals surface area (Å²) in [5.41, 5.74) is -1.04. The van der Waals surface area contributed by atoms with Crippen molar-refractivity contribution in [2.75, 3.05) is 11.9 Å². The molecule has 2 heterocycles. The van der Waals surface area contributed by atoms with Crippen LogP contribution >= 0.6 is 22.7 Å². The van der Waals surface area contributed by atoms with Gasteiger partial charge in [-0.15, -0.1) is 22.7 Å². The molecule has 0 atom stereocenters. The summed E-state index contributed by atoms with van der Waals surface area (Å²) in [7, 11) is 0. The number of para-hydroxylation sites is 1. The molecule has 8 heteroatoms. The van der Waals surface area contributed by atoms with Gasteiger partial charge in [0.2, 0.25) is 0 Å². The van der Waals surface area contributed by atoms with E-state index in [1.54, 1.807) is 22.7 Å². The topological polar surface area (TPSA) is 33.5 Å². The first-order valence-corrected chi connectivity index (χ1v) is 10.0. The molecule has 0 fully saturated rings. The van der Waals surface area contributed by atoms with Crippen LogP contribution in [0.4, 0.5) is 18.9 Å². The van der Waals surface area contributed by atoms with Gasteiger partial charge in [0.25, 0.3) is 5.91 Å². The van der Waals surface area contributed by atoms with Crippen LogP contribution in [-0.4, -0.2) is 12.5 Å². The molecular formula is C19H18F3N2OS2+. The molecule has 3 rings (SSSR count). The average Bonchev–Trinajstić information content (AvgIpc) is 3.28. The van der Waals surface area contributed by atoms with E-state index in [1.807, 2.05) is 35.0 Å². The minimum absolute atomic E-state index is 0.0853. The Bertz CT molecular complexity index is 825. The first-order chi connectivity index (χ1) is 12.9. The van der Waals surface area contributed by atoms with Gasteiger partial charge in [0.15, 0.2) is 6.54 Å². The second kappa shape index (κ2) is 8.69. The molecule has 1 aromatic carbocycles. The fourth-order valence-corrected chi connectivity index (χ4v) is 4.32. The number of halogens is 3. The van der Waals surface area contributed by atoms with E-state index in [4.69, 9.17) is 0 Å². The summed E-state index contributed by atoms with van der Waals surface area (Å²) < 4.78 is 39.3. The number of anilines is 1. The second-order valence-corrected chi connectivity index (χ2v) is 8.10. The minimum Gasteiger partial charge on any atom is -0.321 e. The van der Waals surface area contributed by atoms with Crippen LogP contribution in [0.3, 0.4) is 0 Å². The zero-order chi connectivity index (χ0) is 19.3. The van der Waals surface area contributed by atoms with Crippen LogP contribution in [0.5, 0.6) is 0 Å². The van der Waals surface area contributed by atoms with Crippen molar-refractivity contribution in [3.05, 3.63) is 74.6 Å². The van der Waals surface area contributed by atoms with Gasteiger partial charge in [-0.3, -0.25) is 4.79 Å². The molecule has 0 aliphatic carbocycles. The number of quaternary nitrogens is 1. The Morgan fingerprint density at radius 2 is 1.52 bits per heavy atom. The van der Waals surface area contributed by atoms with Gasteiger partial charge in [0, 0.05) is 0 Å². The van der Waals surface area contributed by atoms with Crippen molar-refractivity contribution >= 4 is 34.3 Å². The molecule has 2 aromatic heterocycles. The number of nitrogens with one attached hydrogen (secondary N) is 2. The lowest BCUT2D eigenvalue weighted by Crippen LogP contribution is -3.10. The number of benzene rings is 1. The van der Waals surface area contributed by atoms with Gasteiger partial charge in [-0.25, -0.2) is 0 Å². The lowest BCUT2D eigenvalue weighted by Gasteiger charge is -2.19. The third-order valence-electron chi connectivity index (χ3n) is 3.93. The molecule has 0 aliphatic rings. The van der Waals surface area contributed by atoms with Crippen molar-refractivity contribution in [2.24, 2.45) is 0 Å². The highest BCUT2D eigenvalue weighted by Gasteiger charge is 2.33. The van der Waals surface area contributed by atoms with Crippen molar-refractivity contribution in [1.29, 1.82) is 0 Å². The van der Waals surface area contributed by atoms with E-state index in [9.17, 15) is 18.0 Å². The summed E-state index contributed by atoms with van der Waals surface area (Å²) in [6.07, 6.45) is -4.51. The molecule has 0 spiro atoms. The van der Waals surface area contributed by atoms with Crippen molar-refractivity contribution in [1.82, 2.24) is 0 Å². The van der Waals surface area contributed by atoms with Crippen LogP contribution < -0.4 is 10.2 Å². The summed E-state index contributed by atoms with van der Waals surface area (Å²) in [6.45, 7) is 1.37. The van der Waals surface area contributed by atoms with E-state index in [0.717, 1.165) is 20.7 Å². The van der Waals surface area contributed by atoms with Crippen LogP contribution in [0.1, 0.15) is 15.3 Å². The first-order valence-electron chi connectivity index (χ1n) is 8.26. The molecule has 3 aromatic rings. The number of hydrogen-bond acceptors (Lipinski definition) is 3. The molecule has 0 saturated carbocycles. The molecular weight excluding hydrogens is 393 g/mol. The molecule has 142 valence electrons. The van der Waals surface area contributed by atoms with Gasteiger partial charge in [-0.2, -0.15) is 13.2 Å². The quantitative estimate of drug-likeness (QED) is 0.604. The summed E-state index contributed by atoms with van der Waals surface area (Å²) in [5.74, 6) is -0.435. The number of carbonyl (C=O) groups excluding carboxylic acids is 1. The normalized spacial score (nSPS) is 11.7. The monoisotopic (exact) mass is 411 g/mol. The number of amides is 1. The molecule has 2 N–H and O–H groups in total. The zero-order valence-corrected chi connectivity index (χ0v) is 15.9. The van der Waals surface area contributed by atoms with Crippen LogP contribution in [0.25, 0.3) is 0 Å². The van der Waals surface area contributed by atoms with Gasteiger partial charge in [-0.1, -0.05) is 24.3 Å². The first kappa shape index (κ1) is 19.6. The summed E-state index contributed by atoms with van der Waals surface area (Å²) in [4.78, 5) is 15.7. The number of hydrogen-bond donors (Lipinski definition) is 2. The number of thiophene rings is 2. The number of carbonyl (C=O) groups is 1. The number of rotatable bonds is 7. The van der Waals surface area contributed by atoms with Gasteiger partial charge in [0.05, 0.1) is 21.0 Å². The molecule has 0 saturated heterocycles. The van der Waals surface area contributed by atoms with Crippen molar-refractivity contribution in [3.63, 3.8) is 0 Å². The van der Waals surface area contributed by atoms with Crippen molar-refractivity contribution < 1.29 is 22.9 Å². The van der Waals surface area contributed by atoms with E-state index in [0.29, 0.717) is 13.1 Å². The molecule has 3 nitrogen and oxygen atoms in total.